The number of nitrogens with one attached hydrogen (secondary N) is 1. The molecule has 186 valence electrons. The van der Waals surface area contributed by atoms with E-state index in [1.165, 1.54) is 0 Å². The molecule has 0 aliphatic heterocycles. The number of hydrogen-bond donors (Lipinski definition) is 2. The van der Waals surface area contributed by atoms with E-state index >= 15 is 0 Å². The van der Waals surface area contributed by atoms with Crippen molar-refractivity contribution in [1.29, 1.82) is 0 Å². The Morgan fingerprint density at radius 3 is 2.31 bits per heavy atom. The Hall–Kier alpha value is -0.940. The second kappa shape index (κ2) is 10.1. The van der Waals surface area contributed by atoms with Gasteiger partial charge >= 0.3 is 6.18 Å². The standard InChI is InChI=1S/C21H34F4N2O4S/c1-12-9-14(22)6-8-18(12)31-19-7-5-13(21(23,24)25)10-17(19)20(28)27-15-3-2-4-16(11-15)32(26,29)30/h12-19H,2-11H2,1H3,(H,27,28)(H2,26,29,30). The van der Waals surface area contributed by atoms with E-state index in [9.17, 15) is 30.8 Å². The topological polar surface area (TPSA) is 98.5 Å². The maximum Gasteiger partial charge on any atom is 0.391 e. The normalized spacial score (nSPS) is 39.4. The Morgan fingerprint density at radius 2 is 1.69 bits per heavy atom. The molecule has 0 heterocycles. The van der Waals surface area contributed by atoms with Crippen LogP contribution in [-0.4, -0.2) is 50.2 Å². The molecule has 0 bridgehead atoms. The molecule has 0 aromatic heterocycles. The molecule has 0 radical (unpaired) electrons. The fraction of sp³-hybridized carbons (Fsp3) is 0.952. The molecule has 3 saturated carbocycles. The van der Waals surface area contributed by atoms with Crippen molar-refractivity contribution < 1.29 is 35.5 Å². The summed E-state index contributed by atoms with van der Waals surface area (Å²) in [7, 11) is -3.74. The molecule has 0 aromatic rings. The van der Waals surface area contributed by atoms with Gasteiger partial charge in [-0.25, -0.2) is 17.9 Å². The van der Waals surface area contributed by atoms with Crippen molar-refractivity contribution in [1.82, 2.24) is 5.32 Å². The van der Waals surface area contributed by atoms with Crippen molar-refractivity contribution in [3.8, 4) is 0 Å². The molecular weight excluding hydrogens is 452 g/mol. The minimum atomic E-state index is -4.40. The van der Waals surface area contributed by atoms with Crippen molar-refractivity contribution in [2.24, 2.45) is 22.9 Å². The molecule has 8 atom stereocenters. The first-order valence-electron chi connectivity index (χ1n) is 11.5. The number of ether oxygens (including phenoxy) is 1. The molecule has 32 heavy (non-hydrogen) atoms. The Bertz CT molecular complexity index is 763. The number of nitrogens with two attached hydrogens (primary N) is 1. The lowest BCUT2D eigenvalue weighted by atomic mass is 9.77. The molecule has 1 amide bonds. The van der Waals surface area contributed by atoms with Crippen molar-refractivity contribution in [2.45, 2.75) is 107 Å². The molecule has 6 nitrogen and oxygen atoms in total. The lowest BCUT2D eigenvalue weighted by Crippen LogP contribution is -2.51. The number of sulfonamides is 1. The van der Waals surface area contributed by atoms with Gasteiger partial charge in [0.2, 0.25) is 15.9 Å². The molecule has 8 unspecified atom stereocenters. The van der Waals surface area contributed by atoms with Gasteiger partial charge in [-0.15, -0.1) is 0 Å². The van der Waals surface area contributed by atoms with Crippen LogP contribution in [0.15, 0.2) is 0 Å². The Labute approximate surface area is 187 Å². The van der Waals surface area contributed by atoms with Crippen LogP contribution >= 0.6 is 0 Å². The molecule has 3 N–H and O–H groups in total. The van der Waals surface area contributed by atoms with Crippen LogP contribution < -0.4 is 10.5 Å². The summed E-state index contributed by atoms with van der Waals surface area (Å²) in [6, 6.07) is -0.451. The van der Waals surface area contributed by atoms with Crippen LogP contribution in [0.2, 0.25) is 0 Å². The highest BCUT2D eigenvalue weighted by Crippen LogP contribution is 2.42. The SMILES string of the molecule is CC1CC(F)CCC1OC1CCC(C(F)(F)F)CC1C(=O)NC1CCCC(S(N)(=O)=O)C1. The quantitative estimate of drug-likeness (QED) is 0.580. The van der Waals surface area contributed by atoms with E-state index in [-0.39, 0.29) is 37.7 Å². The van der Waals surface area contributed by atoms with Gasteiger partial charge < -0.3 is 10.1 Å². The summed E-state index contributed by atoms with van der Waals surface area (Å²) in [6.07, 6.45) is -3.77. The van der Waals surface area contributed by atoms with E-state index in [4.69, 9.17) is 9.88 Å². The molecule has 11 heteroatoms. The highest BCUT2D eigenvalue weighted by molar-refractivity contribution is 7.89. The summed E-state index contributed by atoms with van der Waals surface area (Å²) in [5, 5.41) is 7.27. The van der Waals surface area contributed by atoms with E-state index in [2.05, 4.69) is 5.32 Å². The average Bonchev–Trinajstić information content (AvgIpc) is 2.69. The predicted octanol–water partition coefficient (Wildman–Crippen LogP) is 3.59. The van der Waals surface area contributed by atoms with Gasteiger partial charge in [-0.05, 0) is 63.7 Å². The zero-order chi connectivity index (χ0) is 23.7. The highest BCUT2D eigenvalue weighted by atomic mass is 32.2. The molecule has 3 rings (SSSR count). The third-order valence-corrected chi connectivity index (χ3v) is 8.76. The summed E-state index contributed by atoms with van der Waals surface area (Å²) in [4.78, 5) is 13.1. The van der Waals surface area contributed by atoms with Crippen LogP contribution in [0.1, 0.15) is 71.1 Å². The Balaban J connectivity index is 1.69. The van der Waals surface area contributed by atoms with E-state index < -0.39 is 57.5 Å². The van der Waals surface area contributed by atoms with Crippen molar-refractivity contribution in [2.75, 3.05) is 0 Å². The first-order chi connectivity index (χ1) is 14.8. The smallest absolute Gasteiger partial charge is 0.374 e. The summed E-state index contributed by atoms with van der Waals surface area (Å²) < 4.78 is 83.4. The van der Waals surface area contributed by atoms with Gasteiger partial charge in [0.05, 0.1) is 29.3 Å². The lowest BCUT2D eigenvalue weighted by Gasteiger charge is -2.41. The number of hydrogen-bond acceptors (Lipinski definition) is 4. The zero-order valence-corrected chi connectivity index (χ0v) is 19.1. The Morgan fingerprint density at radius 1 is 1.00 bits per heavy atom. The summed E-state index contributed by atoms with van der Waals surface area (Å²) in [6.45, 7) is 1.86. The second-order valence-corrected chi connectivity index (χ2v) is 11.7. The van der Waals surface area contributed by atoms with E-state index in [0.717, 1.165) is 0 Å². The van der Waals surface area contributed by atoms with Gasteiger partial charge in [0.1, 0.15) is 6.17 Å². The van der Waals surface area contributed by atoms with Crippen LogP contribution in [0.5, 0.6) is 0 Å². The van der Waals surface area contributed by atoms with Crippen molar-refractivity contribution >= 4 is 15.9 Å². The molecule has 3 fully saturated rings. The molecule has 3 aliphatic carbocycles. The first-order valence-corrected chi connectivity index (χ1v) is 13.1. The van der Waals surface area contributed by atoms with Crippen LogP contribution in [0.4, 0.5) is 17.6 Å². The van der Waals surface area contributed by atoms with Crippen LogP contribution in [0.25, 0.3) is 0 Å². The fourth-order valence-electron chi connectivity index (χ4n) is 5.49. The third kappa shape index (κ3) is 6.56. The van der Waals surface area contributed by atoms with Crippen molar-refractivity contribution in [3.63, 3.8) is 0 Å². The largest absolute Gasteiger partial charge is 0.391 e. The molecule has 0 aromatic carbocycles. The van der Waals surface area contributed by atoms with Gasteiger partial charge in [0.15, 0.2) is 0 Å². The number of carbonyl (C=O) groups excluding carboxylic acids is 1. The number of halogens is 4. The number of carbonyl (C=O) groups is 1. The van der Waals surface area contributed by atoms with E-state index in [1.807, 2.05) is 6.92 Å². The average molecular weight is 487 g/mol. The van der Waals surface area contributed by atoms with Gasteiger partial charge in [-0.2, -0.15) is 13.2 Å². The van der Waals surface area contributed by atoms with Gasteiger partial charge in [-0.1, -0.05) is 13.3 Å². The van der Waals surface area contributed by atoms with Crippen molar-refractivity contribution in [3.05, 3.63) is 0 Å². The molecule has 0 spiro atoms. The van der Waals surface area contributed by atoms with Crippen LogP contribution in [0.3, 0.4) is 0 Å². The number of alkyl halides is 4. The zero-order valence-electron chi connectivity index (χ0n) is 18.3. The maximum atomic E-state index is 13.7. The second-order valence-electron chi connectivity index (χ2n) is 9.84. The predicted molar refractivity (Wildman–Crippen MR) is 111 cm³/mol. The lowest BCUT2D eigenvalue weighted by molar-refractivity contribution is -0.200. The number of amides is 1. The molecule has 3 aliphatic rings. The molecule has 0 saturated heterocycles. The summed E-state index contributed by atoms with van der Waals surface area (Å²) in [5.74, 6) is -3.17. The van der Waals surface area contributed by atoms with Gasteiger partial charge in [0, 0.05) is 6.04 Å². The number of primary sulfonamides is 1. The third-order valence-electron chi connectivity index (χ3n) is 7.40. The minimum absolute atomic E-state index is 0.0725. The maximum absolute atomic E-state index is 13.7. The Kier molecular flexibility index (Phi) is 8.13. The number of rotatable bonds is 5. The van der Waals surface area contributed by atoms with E-state index in [0.29, 0.717) is 38.5 Å². The molecular formula is C21H34F4N2O4S. The van der Waals surface area contributed by atoms with Crippen LogP contribution in [-0.2, 0) is 19.6 Å². The summed E-state index contributed by atoms with van der Waals surface area (Å²) in [5.41, 5.74) is 0. The first kappa shape index (κ1) is 25.7. The van der Waals surface area contributed by atoms with Gasteiger partial charge in [-0.3, -0.25) is 4.79 Å². The fourth-order valence-corrected chi connectivity index (χ4v) is 6.49. The monoisotopic (exact) mass is 486 g/mol. The summed E-state index contributed by atoms with van der Waals surface area (Å²) >= 11 is 0. The van der Waals surface area contributed by atoms with Gasteiger partial charge in [0.25, 0.3) is 0 Å². The minimum Gasteiger partial charge on any atom is -0.374 e. The van der Waals surface area contributed by atoms with Crippen LogP contribution in [0, 0.1) is 17.8 Å². The van der Waals surface area contributed by atoms with E-state index in [1.54, 1.807) is 0 Å². The highest BCUT2D eigenvalue weighted by Gasteiger charge is 2.48.